The molecule has 0 aliphatic heterocycles. The number of ether oxygens (including phenoxy) is 1. The fourth-order valence-electron chi connectivity index (χ4n) is 3.71. The van der Waals surface area contributed by atoms with Gasteiger partial charge in [-0.05, 0) is 58.4 Å². The Morgan fingerprint density at radius 1 is 1.26 bits per heavy atom. The van der Waals surface area contributed by atoms with Gasteiger partial charge >= 0.3 is 0 Å². The minimum absolute atomic E-state index is 0.242. The molecule has 0 aromatic heterocycles. The van der Waals surface area contributed by atoms with Crippen molar-refractivity contribution in [2.75, 3.05) is 26.7 Å². The quantitative estimate of drug-likeness (QED) is 0.771. The third-order valence-corrected chi connectivity index (χ3v) is 5.22. The van der Waals surface area contributed by atoms with E-state index in [1.165, 1.54) is 38.5 Å². The van der Waals surface area contributed by atoms with Crippen LogP contribution in [0.25, 0.3) is 0 Å². The second-order valence-corrected chi connectivity index (χ2v) is 6.96. The van der Waals surface area contributed by atoms with Crippen molar-refractivity contribution in [2.24, 2.45) is 17.6 Å². The van der Waals surface area contributed by atoms with Crippen LogP contribution in [-0.2, 0) is 4.74 Å². The fourth-order valence-corrected chi connectivity index (χ4v) is 3.71. The smallest absolute Gasteiger partial charge is 0.0597 e. The number of rotatable bonds is 7. The molecule has 0 saturated heterocycles. The standard InChI is InChI=1S/C16H32N2O/c1-13(2)19-10-9-18(3)16(12-17)8-4-5-15(11-16)14-6-7-14/h13-15H,4-12,17H2,1-3H3. The lowest BCUT2D eigenvalue weighted by molar-refractivity contribution is 0.00927. The van der Waals surface area contributed by atoms with E-state index in [2.05, 4.69) is 25.8 Å². The van der Waals surface area contributed by atoms with Crippen LogP contribution in [-0.4, -0.2) is 43.3 Å². The van der Waals surface area contributed by atoms with Gasteiger partial charge < -0.3 is 10.5 Å². The topological polar surface area (TPSA) is 38.5 Å². The Morgan fingerprint density at radius 2 is 2.00 bits per heavy atom. The average Bonchev–Trinajstić information content (AvgIpc) is 3.22. The molecule has 0 heterocycles. The van der Waals surface area contributed by atoms with Crippen LogP contribution >= 0.6 is 0 Å². The van der Waals surface area contributed by atoms with Crippen LogP contribution in [0.1, 0.15) is 52.4 Å². The highest BCUT2D eigenvalue weighted by Gasteiger charge is 2.43. The van der Waals surface area contributed by atoms with Crippen molar-refractivity contribution in [2.45, 2.75) is 64.0 Å². The highest BCUT2D eigenvalue weighted by Crippen LogP contribution is 2.47. The molecule has 19 heavy (non-hydrogen) atoms. The molecule has 2 aliphatic rings. The molecular weight excluding hydrogens is 236 g/mol. The van der Waals surface area contributed by atoms with Crippen LogP contribution in [0.15, 0.2) is 0 Å². The van der Waals surface area contributed by atoms with Gasteiger partial charge in [0.1, 0.15) is 0 Å². The first-order chi connectivity index (χ1) is 9.07. The fraction of sp³-hybridized carbons (Fsp3) is 1.00. The summed E-state index contributed by atoms with van der Waals surface area (Å²) in [6.45, 7) is 6.83. The molecule has 2 atom stereocenters. The molecular formula is C16H32N2O. The maximum absolute atomic E-state index is 6.17. The zero-order valence-corrected chi connectivity index (χ0v) is 13.0. The summed E-state index contributed by atoms with van der Waals surface area (Å²) in [4.78, 5) is 2.49. The number of hydrogen-bond donors (Lipinski definition) is 1. The monoisotopic (exact) mass is 268 g/mol. The highest BCUT2D eigenvalue weighted by molar-refractivity contribution is 4.98. The van der Waals surface area contributed by atoms with Gasteiger partial charge in [0, 0.05) is 18.6 Å². The molecule has 0 aromatic carbocycles. The van der Waals surface area contributed by atoms with Gasteiger partial charge in [0.2, 0.25) is 0 Å². The van der Waals surface area contributed by atoms with E-state index in [1.807, 2.05) is 0 Å². The summed E-state index contributed by atoms with van der Waals surface area (Å²) >= 11 is 0. The Bertz CT molecular complexity index is 278. The van der Waals surface area contributed by atoms with Crippen molar-refractivity contribution >= 4 is 0 Å². The van der Waals surface area contributed by atoms with E-state index in [0.29, 0.717) is 6.10 Å². The van der Waals surface area contributed by atoms with Gasteiger partial charge in [-0.2, -0.15) is 0 Å². The molecule has 0 aromatic rings. The van der Waals surface area contributed by atoms with Gasteiger partial charge in [-0.25, -0.2) is 0 Å². The van der Waals surface area contributed by atoms with Crippen molar-refractivity contribution in [1.29, 1.82) is 0 Å². The van der Waals surface area contributed by atoms with Crippen LogP contribution in [0.2, 0.25) is 0 Å². The van der Waals surface area contributed by atoms with Gasteiger partial charge in [0.15, 0.2) is 0 Å². The molecule has 2 N–H and O–H groups in total. The Hall–Kier alpha value is -0.120. The molecule has 0 bridgehead atoms. The predicted molar refractivity (Wildman–Crippen MR) is 80.2 cm³/mol. The minimum Gasteiger partial charge on any atom is -0.377 e. The van der Waals surface area contributed by atoms with E-state index < -0.39 is 0 Å². The molecule has 2 rings (SSSR count). The molecule has 2 saturated carbocycles. The zero-order chi connectivity index (χ0) is 13.9. The lowest BCUT2D eigenvalue weighted by Crippen LogP contribution is -2.55. The third kappa shape index (κ3) is 3.93. The summed E-state index contributed by atoms with van der Waals surface area (Å²) in [6.07, 6.45) is 8.62. The Morgan fingerprint density at radius 3 is 2.58 bits per heavy atom. The summed E-state index contributed by atoms with van der Waals surface area (Å²) in [7, 11) is 2.24. The SMILES string of the molecule is CC(C)OCCN(C)C1(CN)CCCC(C2CC2)C1. The molecule has 3 heteroatoms. The summed E-state index contributed by atoms with van der Waals surface area (Å²) < 4.78 is 5.70. The second-order valence-electron chi connectivity index (χ2n) is 6.96. The molecule has 0 spiro atoms. The summed E-state index contributed by atoms with van der Waals surface area (Å²) in [5.74, 6) is 1.96. The Labute approximate surface area is 118 Å². The number of hydrogen-bond acceptors (Lipinski definition) is 3. The first-order valence-electron chi connectivity index (χ1n) is 8.10. The normalized spacial score (nSPS) is 32.2. The van der Waals surface area contributed by atoms with Crippen molar-refractivity contribution in [3.8, 4) is 0 Å². The summed E-state index contributed by atoms with van der Waals surface area (Å²) in [6, 6.07) is 0. The largest absolute Gasteiger partial charge is 0.377 e. The zero-order valence-electron chi connectivity index (χ0n) is 13.0. The molecule has 2 aliphatic carbocycles. The summed E-state index contributed by atoms with van der Waals surface area (Å²) in [5, 5.41) is 0. The Kier molecular flexibility index (Phi) is 5.27. The van der Waals surface area contributed by atoms with Crippen LogP contribution in [0.5, 0.6) is 0 Å². The van der Waals surface area contributed by atoms with Crippen LogP contribution in [0, 0.1) is 11.8 Å². The van der Waals surface area contributed by atoms with Crippen LogP contribution in [0.4, 0.5) is 0 Å². The lowest BCUT2D eigenvalue weighted by Gasteiger charge is -2.47. The second kappa shape index (κ2) is 6.55. The Balaban J connectivity index is 1.88. The van der Waals surface area contributed by atoms with Gasteiger partial charge in [-0.3, -0.25) is 4.90 Å². The van der Waals surface area contributed by atoms with Gasteiger partial charge in [0.05, 0.1) is 12.7 Å². The summed E-state index contributed by atoms with van der Waals surface area (Å²) in [5.41, 5.74) is 6.41. The molecule has 0 amide bonds. The van der Waals surface area contributed by atoms with Gasteiger partial charge in [0.25, 0.3) is 0 Å². The van der Waals surface area contributed by atoms with E-state index >= 15 is 0 Å². The van der Waals surface area contributed by atoms with Gasteiger partial charge in [-0.15, -0.1) is 0 Å². The van der Waals surface area contributed by atoms with Crippen molar-refractivity contribution in [3.05, 3.63) is 0 Å². The van der Waals surface area contributed by atoms with Crippen LogP contribution in [0.3, 0.4) is 0 Å². The number of likely N-dealkylation sites (N-methyl/N-ethyl adjacent to an activating group) is 1. The maximum Gasteiger partial charge on any atom is 0.0597 e. The van der Waals surface area contributed by atoms with E-state index in [-0.39, 0.29) is 5.54 Å². The molecule has 3 nitrogen and oxygen atoms in total. The van der Waals surface area contributed by atoms with E-state index in [4.69, 9.17) is 10.5 Å². The van der Waals surface area contributed by atoms with E-state index in [1.54, 1.807) is 0 Å². The first kappa shape index (κ1) is 15.3. The molecule has 2 unspecified atom stereocenters. The van der Waals surface area contributed by atoms with Crippen LogP contribution < -0.4 is 5.73 Å². The third-order valence-electron chi connectivity index (χ3n) is 5.22. The first-order valence-corrected chi connectivity index (χ1v) is 8.10. The average molecular weight is 268 g/mol. The lowest BCUT2D eigenvalue weighted by atomic mass is 9.73. The van der Waals surface area contributed by atoms with Gasteiger partial charge in [-0.1, -0.05) is 12.8 Å². The van der Waals surface area contributed by atoms with Crippen molar-refractivity contribution < 1.29 is 4.74 Å². The highest BCUT2D eigenvalue weighted by atomic mass is 16.5. The maximum atomic E-state index is 6.17. The molecule has 112 valence electrons. The van der Waals surface area contributed by atoms with Crippen molar-refractivity contribution in [3.63, 3.8) is 0 Å². The predicted octanol–water partition coefficient (Wildman–Crippen LogP) is 2.64. The number of nitrogens with two attached hydrogens (primary N) is 1. The van der Waals surface area contributed by atoms with E-state index in [9.17, 15) is 0 Å². The van der Waals surface area contributed by atoms with Crippen molar-refractivity contribution in [1.82, 2.24) is 4.90 Å². The molecule has 2 fully saturated rings. The molecule has 0 radical (unpaired) electrons. The van der Waals surface area contributed by atoms with E-state index in [0.717, 1.165) is 31.5 Å². The number of nitrogens with zero attached hydrogens (tertiary/aromatic N) is 1. The minimum atomic E-state index is 0.242.